The van der Waals surface area contributed by atoms with Gasteiger partial charge in [-0.15, -0.1) is 0 Å². The van der Waals surface area contributed by atoms with Crippen molar-refractivity contribution >= 4 is 11.8 Å². The van der Waals surface area contributed by atoms with Gasteiger partial charge in [-0.2, -0.15) is 0 Å². The Bertz CT molecular complexity index is 951. The van der Waals surface area contributed by atoms with E-state index < -0.39 is 12.1 Å². The summed E-state index contributed by atoms with van der Waals surface area (Å²) in [5.41, 5.74) is 3.33. The van der Waals surface area contributed by atoms with Crippen LogP contribution in [-0.2, 0) is 33.8 Å². The molecule has 0 spiro atoms. The maximum atomic E-state index is 12.4. The zero-order valence-electron chi connectivity index (χ0n) is 19.0. The summed E-state index contributed by atoms with van der Waals surface area (Å²) in [6.45, 7) is 1.24. The Kier molecular flexibility index (Phi) is 9.36. The van der Waals surface area contributed by atoms with Crippen LogP contribution in [0.1, 0.15) is 29.5 Å². The molecule has 0 aliphatic carbocycles. The number of ketones is 1. The van der Waals surface area contributed by atoms with Crippen LogP contribution < -0.4 is 0 Å². The first-order chi connectivity index (χ1) is 16.0. The quantitative estimate of drug-likeness (QED) is 0.335. The lowest BCUT2D eigenvalue weighted by Crippen LogP contribution is -2.45. The van der Waals surface area contributed by atoms with Gasteiger partial charge in [0.15, 0.2) is 0 Å². The zero-order valence-corrected chi connectivity index (χ0v) is 19.0. The van der Waals surface area contributed by atoms with Crippen LogP contribution in [0.15, 0.2) is 91.0 Å². The molecule has 3 aromatic rings. The Morgan fingerprint density at radius 3 is 1.70 bits per heavy atom. The van der Waals surface area contributed by atoms with Gasteiger partial charge in [0.1, 0.15) is 12.2 Å². The van der Waals surface area contributed by atoms with E-state index in [4.69, 9.17) is 0 Å². The van der Waals surface area contributed by atoms with Crippen LogP contribution in [0.4, 0.5) is 0 Å². The van der Waals surface area contributed by atoms with Crippen LogP contribution >= 0.6 is 0 Å². The smallest absolute Gasteiger partial charge is 0.313 e. The van der Waals surface area contributed by atoms with Gasteiger partial charge in [0.25, 0.3) is 0 Å². The lowest BCUT2D eigenvalue weighted by atomic mass is 9.94. The van der Waals surface area contributed by atoms with E-state index in [9.17, 15) is 14.7 Å². The van der Waals surface area contributed by atoms with Gasteiger partial charge in [0.05, 0.1) is 13.2 Å². The number of aliphatic hydroxyl groups excluding tert-OH is 1. The highest BCUT2D eigenvalue weighted by Crippen LogP contribution is 2.21. The van der Waals surface area contributed by atoms with Gasteiger partial charge in [-0.05, 0) is 23.1 Å². The Morgan fingerprint density at radius 1 is 0.788 bits per heavy atom. The standard InChI is InChI=1S/C28H31NO4/c1-33-28(32)19-25(30)18-27(31)26(17-22-11-5-2-6-12-22)29(20-23-13-7-3-8-14-23)21-24-15-9-4-10-16-24/h2-16,26-27,31H,17-21H2,1H3/t26-,27+/m0/s1. The van der Waals surface area contributed by atoms with Crippen molar-refractivity contribution < 1.29 is 19.4 Å². The number of methoxy groups -OCH3 is 1. The number of ether oxygens (including phenoxy) is 1. The molecule has 1 N–H and O–H groups in total. The minimum Gasteiger partial charge on any atom is -0.469 e. The second-order valence-electron chi connectivity index (χ2n) is 8.20. The Hall–Kier alpha value is -3.28. The van der Waals surface area contributed by atoms with E-state index in [1.54, 1.807) is 0 Å². The maximum Gasteiger partial charge on any atom is 0.313 e. The minimum atomic E-state index is -0.935. The molecule has 172 valence electrons. The number of benzene rings is 3. The Morgan fingerprint density at radius 2 is 1.24 bits per heavy atom. The van der Waals surface area contributed by atoms with Gasteiger partial charge in [-0.3, -0.25) is 14.5 Å². The molecule has 0 fully saturated rings. The number of carbonyl (C=O) groups excluding carboxylic acids is 2. The molecular weight excluding hydrogens is 414 g/mol. The second kappa shape index (κ2) is 12.7. The minimum absolute atomic E-state index is 0.104. The third-order valence-corrected chi connectivity index (χ3v) is 5.66. The summed E-state index contributed by atoms with van der Waals surface area (Å²) in [5.74, 6) is -0.913. The van der Waals surface area contributed by atoms with E-state index in [2.05, 4.69) is 33.9 Å². The summed E-state index contributed by atoms with van der Waals surface area (Å²) in [6, 6.07) is 29.8. The molecule has 0 amide bonds. The first-order valence-corrected chi connectivity index (χ1v) is 11.2. The average molecular weight is 446 g/mol. The van der Waals surface area contributed by atoms with Crippen molar-refractivity contribution in [3.05, 3.63) is 108 Å². The maximum absolute atomic E-state index is 12.4. The van der Waals surface area contributed by atoms with E-state index in [1.165, 1.54) is 7.11 Å². The molecule has 3 rings (SSSR count). The summed E-state index contributed by atoms with van der Waals surface area (Å²) in [5, 5.41) is 11.2. The summed E-state index contributed by atoms with van der Waals surface area (Å²) in [6.07, 6.45) is -0.794. The molecule has 0 saturated carbocycles. The molecule has 0 aliphatic rings. The van der Waals surface area contributed by atoms with Crippen molar-refractivity contribution in [3.63, 3.8) is 0 Å². The summed E-state index contributed by atoms with van der Waals surface area (Å²) >= 11 is 0. The van der Waals surface area contributed by atoms with Crippen molar-refractivity contribution in [2.24, 2.45) is 0 Å². The highest BCUT2D eigenvalue weighted by Gasteiger charge is 2.29. The number of carbonyl (C=O) groups is 2. The lowest BCUT2D eigenvalue weighted by Gasteiger charge is -2.35. The van der Waals surface area contributed by atoms with Gasteiger partial charge in [0, 0.05) is 25.6 Å². The fourth-order valence-electron chi connectivity index (χ4n) is 3.96. The normalized spacial score (nSPS) is 12.8. The highest BCUT2D eigenvalue weighted by molar-refractivity contribution is 5.95. The largest absolute Gasteiger partial charge is 0.469 e. The molecule has 5 nitrogen and oxygen atoms in total. The summed E-state index contributed by atoms with van der Waals surface area (Å²) in [7, 11) is 1.26. The molecule has 5 heteroatoms. The van der Waals surface area contributed by atoms with Crippen molar-refractivity contribution in [3.8, 4) is 0 Å². The Labute approximate surface area is 195 Å². The monoisotopic (exact) mass is 445 g/mol. The van der Waals surface area contributed by atoms with Crippen LogP contribution in [0.2, 0.25) is 0 Å². The molecule has 0 unspecified atom stereocenters. The zero-order chi connectivity index (χ0) is 23.5. The van der Waals surface area contributed by atoms with Gasteiger partial charge in [-0.1, -0.05) is 91.0 Å². The van der Waals surface area contributed by atoms with E-state index in [0.717, 1.165) is 16.7 Å². The molecular formula is C28H31NO4. The molecule has 0 radical (unpaired) electrons. The fourth-order valence-corrected chi connectivity index (χ4v) is 3.96. The van der Waals surface area contributed by atoms with Crippen molar-refractivity contribution in [2.75, 3.05) is 7.11 Å². The number of hydrogen-bond donors (Lipinski definition) is 1. The fraction of sp³-hybridized carbons (Fsp3) is 0.286. The van der Waals surface area contributed by atoms with E-state index in [0.29, 0.717) is 19.5 Å². The van der Waals surface area contributed by atoms with Crippen LogP contribution in [0.5, 0.6) is 0 Å². The van der Waals surface area contributed by atoms with Crippen LogP contribution in [0.25, 0.3) is 0 Å². The number of esters is 1. The molecule has 0 bridgehead atoms. The van der Waals surface area contributed by atoms with Gasteiger partial charge >= 0.3 is 5.97 Å². The molecule has 33 heavy (non-hydrogen) atoms. The first-order valence-electron chi connectivity index (χ1n) is 11.2. The SMILES string of the molecule is COC(=O)CC(=O)C[C@@H](O)[C@H](Cc1ccccc1)N(Cc1ccccc1)Cc1ccccc1. The van der Waals surface area contributed by atoms with E-state index in [1.807, 2.05) is 66.7 Å². The van der Waals surface area contributed by atoms with Gasteiger partial charge in [0.2, 0.25) is 0 Å². The lowest BCUT2D eigenvalue weighted by molar-refractivity contribution is -0.143. The van der Waals surface area contributed by atoms with Crippen molar-refractivity contribution in [1.29, 1.82) is 0 Å². The molecule has 0 heterocycles. The van der Waals surface area contributed by atoms with Gasteiger partial charge in [-0.25, -0.2) is 0 Å². The number of rotatable bonds is 12. The predicted molar refractivity (Wildman–Crippen MR) is 128 cm³/mol. The number of hydrogen-bond acceptors (Lipinski definition) is 5. The van der Waals surface area contributed by atoms with Crippen LogP contribution in [-0.4, -0.2) is 41.0 Å². The van der Waals surface area contributed by atoms with Crippen LogP contribution in [0.3, 0.4) is 0 Å². The van der Waals surface area contributed by atoms with E-state index in [-0.39, 0.29) is 24.7 Å². The summed E-state index contributed by atoms with van der Waals surface area (Å²) in [4.78, 5) is 26.2. The van der Waals surface area contributed by atoms with Crippen molar-refractivity contribution in [1.82, 2.24) is 4.90 Å². The number of nitrogens with zero attached hydrogens (tertiary/aromatic N) is 1. The van der Waals surface area contributed by atoms with E-state index >= 15 is 0 Å². The average Bonchev–Trinajstić information content (AvgIpc) is 2.84. The predicted octanol–water partition coefficient (Wildman–Crippen LogP) is 4.18. The third-order valence-electron chi connectivity index (χ3n) is 5.66. The molecule has 0 saturated heterocycles. The number of Topliss-reactive ketones (excluding diaryl/α,β-unsaturated/α-hetero) is 1. The molecule has 0 aliphatic heterocycles. The summed E-state index contributed by atoms with van der Waals surface area (Å²) < 4.78 is 4.61. The second-order valence-corrected chi connectivity index (χ2v) is 8.20. The third kappa shape index (κ3) is 7.97. The van der Waals surface area contributed by atoms with Crippen molar-refractivity contribution in [2.45, 2.75) is 44.5 Å². The molecule has 3 aromatic carbocycles. The number of aliphatic hydroxyl groups is 1. The highest BCUT2D eigenvalue weighted by atomic mass is 16.5. The Balaban J connectivity index is 1.88. The van der Waals surface area contributed by atoms with Gasteiger partial charge < -0.3 is 9.84 Å². The topological polar surface area (TPSA) is 66.8 Å². The first kappa shape index (κ1) is 24.4. The van der Waals surface area contributed by atoms with Crippen LogP contribution in [0, 0.1) is 0 Å². The molecule has 0 aromatic heterocycles. The molecule has 2 atom stereocenters.